The first-order valence-electron chi connectivity index (χ1n) is 5.65. The van der Waals surface area contributed by atoms with Crippen LogP contribution in [0.5, 0.6) is 11.5 Å². The summed E-state index contributed by atoms with van der Waals surface area (Å²) in [5, 5.41) is 0. The lowest BCUT2D eigenvalue weighted by Crippen LogP contribution is -2.05. The molecule has 1 atom stereocenters. The van der Waals surface area contributed by atoms with Gasteiger partial charge in [-0.15, -0.1) is 0 Å². The summed E-state index contributed by atoms with van der Waals surface area (Å²) in [6.07, 6.45) is 0. The van der Waals surface area contributed by atoms with Crippen molar-refractivity contribution in [1.82, 2.24) is 0 Å². The van der Waals surface area contributed by atoms with E-state index >= 15 is 0 Å². The number of hydrogen-bond donors (Lipinski definition) is 1. The minimum atomic E-state index is -0.319. The van der Waals surface area contributed by atoms with Crippen LogP contribution in [0.2, 0.25) is 0 Å². The summed E-state index contributed by atoms with van der Waals surface area (Å²) in [5.74, 6) is 0.907. The van der Waals surface area contributed by atoms with Crippen molar-refractivity contribution in [2.45, 2.75) is 13.0 Å². The highest BCUT2D eigenvalue weighted by Gasteiger charge is 2.07. The van der Waals surface area contributed by atoms with Gasteiger partial charge < -0.3 is 10.5 Å². The summed E-state index contributed by atoms with van der Waals surface area (Å²) >= 11 is 6.58. The second kappa shape index (κ2) is 6.03. The molecule has 0 aliphatic rings. The molecule has 0 heterocycles. The fourth-order valence-corrected chi connectivity index (χ4v) is 2.69. The van der Waals surface area contributed by atoms with Crippen LogP contribution in [0.4, 0.5) is 4.39 Å². The van der Waals surface area contributed by atoms with E-state index in [4.69, 9.17) is 10.5 Å². The van der Waals surface area contributed by atoms with Crippen LogP contribution < -0.4 is 10.5 Å². The van der Waals surface area contributed by atoms with Crippen molar-refractivity contribution in [2.24, 2.45) is 5.73 Å². The van der Waals surface area contributed by atoms with Gasteiger partial charge in [0.05, 0.1) is 4.47 Å². The molecule has 5 heteroatoms. The third kappa shape index (κ3) is 3.55. The molecule has 19 heavy (non-hydrogen) atoms. The molecule has 2 N–H and O–H groups in total. The van der Waals surface area contributed by atoms with Crippen LogP contribution in [0, 0.1) is 5.82 Å². The third-order valence-corrected chi connectivity index (χ3v) is 3.88. The molecule has 0 saturated heterocycles. The molecule has 0 aliphatic heterocycles. The van der Waals surface area contributed by atoms with E-state index in [-0.39, 0.29) is 11.9 Å². The van der Waals surface area contributed by atoms with Crippen molar-refractivity contribution in [2.75, 3.05) is 0 Å². The molecule has 0 radical (unpaired) electrons. The number of hydrogen-bond acceptors (Lipinski definition) is 2. The summed E-state index contributed by atoms with van der Waals surface area (Å²) < 4.78 is 20.0. The van der Waals surface area contributed by atoms with E-state index in [0.29, 0.717) is 16.0 Å². The van der Waals surface area contributed by atoms with Crippen LogP contribution >= 0.6 is 31.9 Å². The number of benzene rings is 2. The maximum atomic E-state index is 13.1. The van der Waals surface area contributed by atoms with Gasteiger partial charge in [0.1, 0.15) is 17.3 Å². The van der Waals surface area contributed by atoms with Gasteiger partial charge in [0.15, 0.2) is 0 Å². The Morgan fingerprint density at radius 3 is 2.16 bits per heavy atom. The minimum Gasteiger partial charge on any atom is -0.457 e. The summed E-state index contributed by atoms with van der Waals surface area (Å²) in [4.78, 5) is 0. The Kier molecular flexibility index (Phi) is 4.60. The smallest absolute Gasteiger partial charge is 0.137 e. The third-order valence-electron chi connectivity index (χ3n) is 2.59. The van der Waals surface area contributed by atoms with Crippen molar-refractivity contribution in [1.29, 1.82) is 0 Å². The van der Waals surface area contributed by atoms with Crippen molar-refractivity contribution in [3.8, 4) is 11.5 Å². The first-order chi connectivity index (χ1) is 8.97. The van der Waals surface area contributed by atoms with Gasteiger partial charge in [0.2, 0.25) is 0 Å². The molecule has 0 fully saturated rings. The molecule has 2 aromatic rings. The normalized spacial score (nSPS) is 12.3. The molecule has 100 valence electrons. The van der Waals surface area contributed by atoms with Crippen LogP contribution in [0.25, 0.3) is 0 Å². The number of rotatable bonds is 3. The molecule has 2 rings (SSSR count). The zero-order valence-electron chi connectivity index (χ0n) is 10.2. The van der Waals surface area contributed by atoms with Crippen molar-refractivity contribution < 1.29 is 9.13 Å². The second-order valence-electron chi connectivity index (χ2n) is 4.15. The van der Waals surface area contributed by atoms with Gasteiger partial charge in [-0.1, -0.05) is 22.0 Å². The number of halogens is 3. The molecule has 0 aromatic heterocycles. The first kappa shape index (κ1) is 14.5. The zero-order valence-corrected chi connectivity index (χ0v) is 13.3. The summed E-state index contributed by atoms with van der Waals surface area (Å²) in [7, 11) is 0. The van der Waals surface area contributed by atoms with Crippen LogP contribution in [0.3, 0.4) is 0 Å². The van der Waals surface area contributed by atoms with E-state index in [1.54, 1.807) is 12.1 Å². The van der Waals surface area contributed by atoms with E-state index in [2.05, 4.69) is 31.9 Å². The molecule has 0 amide bonds. The number of ether oxygens (including phenoxy) is 1. The molecule has 1 unspecified atom stereocenters. The molecule has 0 aliphatic carbocycles. The van der Waals surface area contributed by atoms with Gasteiger partial charge in [0, 0.05) is 10.5 Å². The average Bonchev–Trinajstić information content (AvgIpc) is 2.33. The topological polar surface area (TPSA) is 35.2 Å². The fraction of sp³-hybridized carbons (Fsp3) is 0.143. The lowest BCUT2D eigenvalue weighted by atomic mass is 10.1. The fourth-order valence-electron chi connectivity index (χ4n) is 1.62. The Labute approximate surface area is 128 Å². The van der Waals surface area contributed by atoms with Crippen molar-refractivity contribution in [3.63, 3.8) is 0 Å². The van der Waals surface area contributed by atoms with E-state index in [1.807, 2.05) is 25.1 Å². The highest BCUT2D eigenvalue weighted by Crippen LogP contribution is 2.31. The highest BCUT2D eigenvalue weighted by molar-refractivity contribution is 9.10. The monoisotopic (exact) mass is 387 g/mol. The van der Waals surface area contributed by atoms with Gasteiger partial charge in [-0.05, 0) is 58.7 Å². The Morgan fingerprint density at radius 2 is 1.63 bits per heavy atom. The van der Waals surface area contributed by atoms with Gasteiger partial charge in [-0.2, -0.15) is 0 Å². The average molecular weight is 389 g/mol. The predicted molar refractivity (Wildman–Crippen MR) is 80.9 cm³/mol. The van der Waals surface area contributed by atoms with E-state index < -0.39 is 0 Å². The zero-order chi connectivity index (χ0) is 14.0. The van der Waals surface area contributed by atoms with Gasteiger partial charge >= 0.3 is 0 Å². The Bertz CT molecular complexity index is 602. The minimum absolute atomic E-state index is 0.0524. The summed E-state index contributed by atoms with van der Waals surface area (Å²) in [5.41, 5.74) is 6.84. The van der Waals surface area contributed by atoms with Crippen molar-refractivity contribution in [3.05, 3.63) is 56.7 Å². The quantitative estimate of drug-likeness (QED) is 0.787. The largest absolute Gasteiger partial charge is 0.457 e. The molecule has 0 spiro atoms. The van der Waals surface area contributed by atoms with Gasteiger partial charge in [-0.3, -0.25) is 0 Å². The highest BCUT2D eigenvalue weighted by atomic mass is 79.9. The predicted octanol–water partition coefficient (Wildman–Crippen LogP) is 5.16. The van der Waals surface area contributed by atoms with Gasteiger partial charge in [0.25, 0.3) is 0 Å². The molecule has 0 saturated carbocycles. The Balaban J connectivity index is 2.24. The SMILES string of the molecule is CC(N)c1ccc(Oc2ccc(F)c(Br)c2)cc1Br. The summed E-state index contributed by atoms with van der Waals surface area (Å²) in [6.45, 7) is 1.91. The molecule has 0 bridgehead atoms. The number of nitrogens with two attached hydrogens (primary N) is 1. The van der Waals surface area contributed by atoms with Crippen LogP contribution in [0.15, 0.2) is 45.3 Å². The molecular weight excluding hydrogens is 377 g/mol. The molecule has 2 aromatic carbocycles. The van der Waals surface area contributed by atoms with Crippen molar-refractivity contribution >= 4 is 31.9 Å². The molecule has 2 nitrogen and oxygen atoms in total. The molecular formula is C14H12Br2FNO. The van der Waals surface area contributed by atoms with Gasteiger partial charge in [-0.25, -0.2) is 4.39 Å². The maximum Gasteiger partial charge on any atom is 0.137 e. The van der Waals surface area contributed by atoms with E-state index in [1.165, 1.54) is 6.07 Å². The Hall–Kier alpha value is -0.910. The lowest BCUT2D eigenvalue weighted by Gasteiger charge is -2.11. The first-order valence-corrected chi connectivity index (χ1v) is 7.24. The van der Waals surface area contributed by atoms with Crippen LogP contribution in [0.1, 0.15) is 18.5 Å². The van der Waals surface area contributed by atoms with E-state index in [0.717, 1.165) is 10.0 Å². The Morgan fingerprint density at radius 1 is 1.05 bits per heavy atom. The standard InChI is InChI=1S/C14H12Br2FNO/c1-8(18)11-4-2-9(6-12(11)15)19-10-3-5-14(17)13(16)7-10/h2-8H,18H2,1H3. The lowest BCUT2D eigenvalue weighted by molar-refractivity contribution is 0.479. The summed E-state index contributed by atoms with van der Waals surface area (Å²) in [6, 6.07) is 10.0. The van der Waals surface area contributed by atoms with E-state index in [9.17, 15) is 4.39 Å². The van der Waals surface area contributed by atoms with Crippen LogP contribution in [-0.4, -0.2) is 0 Å². The second-order valence-corrected chi connectivity index (χ2v) is 5.86. The maximum absolute atomic E-state index is 13.1. The van der Waals surface area contributed by atoms with Crippen LogP contribution in [-0.2, 0) is 0 Å².